The molecule has 154 valence electrons. The Labute approximate surface area is 171 Å². The highest BCUT2D eigenvalue weighted by Crippen LogP contribution is 2.23. The highest BCUT2D eigenvalue weighted by Gasteiger charge is 2.32. The lowest BCUT2D eigenvalue weighted by atomic mass is 9.96. The van der Waals surface area contributed by atoms with Crippen molar-refractivity contribution in [1.29, 1.82) is 0 Å². The molecule has 2 unspecified atom stereocenters. The molecule has 1 amide bonds. The molecule has 1 aliphatic heterocycles. The molecular weight excluding hydrogens is 368 g/mol. The van der Waals surface area contributed by atoms with Gasteiger partial charge in [0.15, 0.2) is 0 Å². The van der Waals surface area contributed by atoms with Crippen LogP contribution < -0.4 is 4.90 Å². The molecule has 7 nitrogen and oxygen atoms in total. The molecule has 1 aromatic carbocycles. The van der Waals surface area contributed by atoms with Crippen LogP contribution in [0.1, 0.15) is 25.3 Å². The van der Waals surface area contributed by atoms with Crippen molar-refractivity contribution < 1.29 is 14.3 Å². The molecule has 2 atom stereocenters. The highest BCUT2D eigenvalue weighted by molar-refractivity contribution is 5.81. The van der Waals surface area contributed by atoms with Crippen LogP contribution in [0.3, 0.4) is 0 Å². The maximum atomic E-state index is 13.4. The maximum absolute atomic E-state index is 13.4. The number of hydrogen-bond acceptors (Lipinski definition) is 6. The summed E-state index contributed by atoms with van der Waals surface area (Å²) in [6.45, 7) is 4.02. The Morgan fingerprint density at radius 1 is 1.21 bits per heavy atom. The molecule has 7 heteroatoms. The molecule has 1 aliphatic rings. The number of nitrogens with zero attached hydrogens (tertiary/aromatic N) is 4. The summed E-state index contributed by atoms with van der Waals surface area (Å²) in [5.41, 5.74) is 1.04. The number of ether oxygens (including phenoxy) is 1. The van der Waals surface area contributed by atoms with E-state index >= 15 is 0 Å². The van der Waals surface area contributed by atoms with Gasteiger partial charge in [-0.25, -0.2) is 9.97 Å². The van der Waals surface area contributed by atoms with Crippen LogP contribution in [0.2, 0.25) is 0 Å². The molecule has 0 spiro atoms. The van der Waals surface area contributed by atoms with E-state index in [1.165, 1.54) is 7.11 Å². The first-order valence-corrected chi connectivity index (χ1v) is 10.0. The van der Waals surface area contributed by atoms with Crippen molar-refractivity contribution in [3.63, 3.8) is 0 Å². The van der Waals surface area contributed by atoms with E-state index in [0.29, 0.717) is 25.6 Å². The van der Waals surface area contributed by atoms with E-state index in [9.17, 15) is 9.59 Å². The number of anilines is 1. The first kappa shape index (κ1) is 20.8. The minimum Gasteiger partial charge on any atom is -0.469 e. The second-order valence-corrected chi connectivity index (χ2v) is 7.46. The fourth-order valence-corrected chi connectivity index (χ4v) is 3.72. The van der Waals surface area contributed by atoms with E-state index in [0.717, 1.165) is 24.9 Å². The maximum Gasteiger partial charge on any atom is 0.310 e. The molecule has 0 saturated carbocycles. The van der Waals surface area contributed by atoms with E-state index in [-0.39, 0.29) is 23.7 Å². The first-order valence-electron chi connectivity index (χ1n) is 10.0. The van der Waals surface area contributed by atoms with Crippen LogP contribution in [0.25, 0.3) is 0 Å². The van der Waals surface area contributed by atoms with Gasteiger partial charge in [0.1, 0.15) is 0 Å². The number of carbonyl (C=O) groups excluding carboxylic acids is 2. The Morgan fingerprint density at radius 3 is 2.62 bits per heavy atom. The van der Waals surface area contributed by atoms with Crippen molar-refractivity contribution in [3.05, 3.63) is 54.4 Å². The van der Waals surface area contributed by atoms with Gasteiger partial charge in [-0.1, -0.05) is 37.3 Å². The number of piperidine rings is 1. The molecule has 2 aromatic rings. The molecule has 0 N–H and O–H groups in total. The van der Waals surface area contributed by atoms with Gasteiger partial charge < -0.3 is 14.5 Å². The smallest absolute Gasteiger partial charge is 0.310 e. The van der Waals surface area contributed by atoms with Gasteiger partial charge in [0.05, 0.1) is 18.9 Å². The molecule has 0 radical (unpaired) electrons. The summed E-state index contributed by atoms with van der Waals surface area (Å²) >= 11 is 0. The van der Waals surface area contributed by atoms with Gasteiger partial charge >= 0.3 is 5.97 Å². The summed E-state index contributed by atoms with van der Waals surface area (Å²) in [5, 5.41) is 0. The molecule has 0 bridgehead atoms. The summed E-state index contributed by atoms with van der Waals surface area (Å²) in [4.78, 5) is 37.9. The highest BCUT2D eigenvalue weighted by atomic mass is 16.5. The van der Waals surface area contributed by atoms with Crippen LogP contribution >= 0.6 is 0 Å². The van der Waals surface area contributed by atoms with Gasteiger partial charge in [-0.15, -0.1) is 0 Å². The van der Waals surface area contributed by atoms with E-state index in [2.05, 4.69) is 14.9 Å². The van der Waals surface area contributed by atoms with E-state index < -0.39 is 0 Å². The standard InChI is InChI=1S/C22H28N4O3/c1-17(21(28)29-2)14-26(15-18-8-4-3-5-9-18)20(27)19-10-6-13-25(16-19)22-23-11-7-12-24-22/h3-5,7-9,11-12,17,19H,6,10,13-16H2,1-2H3. The predicted octanol–water partition coefficient (Wildman–Crippen LogP) is 2.53. The Hall–Kier alpha value is -2.96. The van der Waals surface area contributed by atoms with Crippen LogP contribution in [-0.2, 0) is 20.9 Å². The number of rotatable bonds is 7. The number of hydrogen-bond donors (Lipinski definition) is 0. The van der Waals surface area contributed by atoms with E-state index in [4.69, 9.17) is 4.74 Å². The third kappa shape index (κ3) is 5.53. The zero-order chi connectivity index (χ0) is 20.6. The van der Waals surface area contributed by atoms with Crippen molar-refractivity contribution in [1.82, 2.24) is 14.9 Å². The Morgan fingerprint density at radius 2 is 1.93 bits per heavy atom. The largest absolute Gasteiger partial charge is 0.469 e. The summed E-state index contributed by atoms with van der Waals surface area (Å²) in [5.74, 6) is -0.127. The predicted molar refractivity (Wildman–Crippen MR) is 110 cm³/mol. The summed E-state index contributed by atoms with van der Waals surface area (Å²) in [6, 6.07) is 11.6. The molecule has 1 aromatic heterocycles. The lowest BCUT2D eigenvalue weighted by Crippen LogP contribution is -2.46. The molecule has 1 fully saturated rings. The molecule has 2 heterocycles. The Kier molecular flexibility index (Phi) is 7.16. The van der Waals surface area contributed by atoms with E-state index in [1.807, 2.05) is 30.3 Å². The topological polar surface area (TPSA) is 75.6 Å². The number of esters is 1. The monoisotopic (exact) mass is 396 g/mol. The summed E-state index contributed by atoms with van der Waals surface area (Å²) < 4.78 is 4.86. The molecule has 0 aliphatic carbocycles. The molecule has 3 rings (SSSR count). The normalized spacial score (nSPS) is 17.4. The third-order valence-electron chi connectivity index (χ3n) is 5.23. The third-order valence-corrected chi connectivity index (χ3v) is 5.23. The summed E-state index contributed by atoms with van der Waals surface area (Å²) in [7, 11) is 1.38. The lowest BCUT2D eigenvalue weighted by molar-refractivity contribution is -0.147. The molecular formula is C22H28N4O3. The van der Waals surface area contributed by atoms with Gasteiger partial charge in [-0.2, -0.15) is 0 Å². The molecule has 1 saturated heterocycles. The average Bonchev–Trinajstić information content (AvgIpc) is 2.79. The van der Waals surface area contributed by atoms with Crippen LogP contribution in [0.4, 0.5) is 5.95 Å². The van der Waals surface area contributed by atoms with Crippen LogP contribution in [-0.4, -0.2) is 53.5 Å². The fraction of sp³-hybridized carbons (Fsp3) is 0.455. The number of carbonyl (C=O) groups is 2. The van der Waals surface area contributed by atoms with Gasteiger partial charge in [-0.3, -0.25) is 9.59 Å². The number of aromatic nitrogens is 2. The van der Waals surface area contributed by atoms with Gasteiger partial charge in [-0.05, 0) is 24.5 Å². The lowest BCUT2D eigenvalue weighted by Gasteiger charge is -2.35. The number of amides is 1. The summed E-state index contributed by atoms with van der Waals surface area (Å²) in [6.07, 6.45) is 5.15. The van der Waals surface area contributed by atoms with E-state index in [1.54, 1.807) is 30.3 Å². The van der Waals surface area contributed by atoms with Crippen molar-refractivity contribution in [2.75, 3.05) is 31.6 Å². The zero-order valence-corrected chi connectivity index (χ0v) is 17.0. The van der Waals surface area contributed by atoms with Crippen molar-refractivity contribution in [3.8, 4) is 0 Å². The first-order chi connectivity index (χ1) is 14.1. The number of methoxy groups -OCH3 is 1. The minimum absolute atomic E-state index is 0.0604. The SMILES string of the molecule is COC(=O)C(C)CN(Cc1ccccc1)C(=O)C1CCCN(c2ncccn2)C1. The zero-order valence-electron chi connectivity index (χ0n) is 17.0. The Bertz CT molecular complexity index is 800. The van der Waals surface area contributed by atoms with Crippen molar-refractivity contribution in [2.24, 2.45) is 11.8 Å². The van der Waals surface area contributed by atoms with Crippen molar-refractivity contribution in [2.45, 2.75) is 26.3 Å². The van der Waals surface area contributed by atoms with Gasteiger partial charge in [0.2, 0.25) is 11.9 Å². The van der Waals surface area contributed by atoms with Gasteiger partial charge in [0, 0.05) is 38.6 Å². The van der Waals surface area contributed by atoms with Gasteiger partial charge in [0.25, 0.3) is 0 Å². The van der Waals surface area contributed by atoms with Crippen LogP contribution in [0.5, 0.6) is 0 Å². The minimum atomic E-state index is -0.384. The second-order valence-electron chi connectivity index (χ2n) is 7.46. The van der Waals surface area contributed by atoms with Crippen LogP contribution in [0, 0.1) is 11.8 Å². The molecule has 29 heavy (non-hydrogen) atoms. The Balaban J connectivity index is 1.74. The fourth-order valence-electron chi connectivity index (χ4n) is 3.72. The van der Waals surface area contributed by atoms with Crippen molar-refractivity contribution >= 4 is 17.8 Å². The quantitative estimate of drug-likeness (QED) is 0.670. The number of benzene rings is 1. The second kappa shape index (κ2) is 10.0. The van der Waals surface area contributed by atoms with Crippen LogP contribution in [0.15, 0.2) is 48.8 Å². The average molecular weight is 396 g/mol.